The van der Waals surface area contributed by atoms with E-state index in [4.69, 9.17) is 0 Å². The number of nitrogens with zero attached hydrogens (tertiary/aromatic N) is 2. The summed E-state index contributed by atoms with van der Waals surface area (Å²) in [5.74, 6) is -1.39. The Hall–Kier alpha value is -3.16. The molecule has 2 aromatic carbocycles. The maximum Gasteiger partial charge on any atom is 0.243 e. The topological polar surface area (TPSA) is 67.3 Å². The van der Waals surface area contributed by atoms with Crippen LogP contribution >= 0.6 is 0 Å². The Kier molecular flexibility index (Phi) is 5.80. The number of ketones is 1. The molecule has 1 aromatic heterocycles. The van der Waals surface area contributed by atoms with Gasteiger partial charge in [-0.25, -0.2) is 12.8 Å². The van der Waals surface area contributed by atoms with Crippen LogP contribution < -0.4 is 0 Å². The summed E-state index contributed by atoms with van der Waals surface area (Å²) in [6, 6.07) is 16.1. The second kappa shape index (κ2) is 8.53. The van der Waals surface area contributed by atoms with Gasteiger partial charge in [-0.2, -0.15) is 4.31 Å². The van der Waals surface area contributed by atoms with Crippen LogP contribution in [0.1, 0.15) is 22.6 Å². The van der Waals surface area contributed by atoms with Gasteiger partial charge in [-0.1, -0.05) is 35.9 Å². The lowest BCUT2D eigenvalue weighted by atomic mass is 9.87. The molecule has 1 aliphatic heterocycles. The SMILES string of the molecule is Cc1ccc(S(=O)(=O)N2CC(=Cc3ccccc3F)C(=O)C(c3ccncc3)C2)cc1. The molecule has 1 aliphatic rings. The summed E-state index contributed by atoms with van der Waals surface area (Å²) in [5, 5.41) is 0. The van der Waals surface area contributed by atoms with Crippen LogP contribution in [0.25, 0.3) is 6.08 Å². The smallest absolute Gasteiger partial charge is 0.243 e. The molecule has 0 amide bonds. The first-order valence-electron chi connectivity index (χ1n) is 9.82. The summed E-state index contributed by atoms with van der Waals surface area (Å²) >= 11 is 0. The van der Waals surface area contributed by atoms with Crippen molar-refractivity contribution in [2.24, 2.45) is 0 Å². The Morgan fingerprint density at radius 3 is 2.39 bits per heavy atom. The standard InChI is InChI=1S/C24H21FN2O3S/c1-17-6-8-21(9-7-17)31(29,30)27-15-20(14-19-4-2-3-5-23(19)25)24(28)22(16-27)18-10-12-26-13-11-18/h2-14,22H,15-16H2,1H3. The van der Waals surface area contributed by atoms with Gasteiger partial charge >= 0.3 is 0 Å². The minimum atomic E-state index is -3.85. The zero-order chi connectivity index (χ0) is 22.0. The molecule has 7 heteroatoms. The molecule has 1 fully saturated rings. The molecule has 0 bridgehead atoms. The minimum absolute atomic E-state index is 0.00761. The number of benzene rings is 2. The van der Waals surface area contributed by atoms with E-state index in [0.717, 1.165) is 5.56 Å². The molecule has 31 heavy (non-hydrogen) atoms. The maximum absolute atomic E-state index is 14.2. The number of hydrogen-bond donors (Lipinski definition) is 0. The number of hydrogen-bond acceptors (Lipinski definition) is 4. The number of pyridine rings is 1. The van der Waals surface area contributed by atoms with Gasteiger partial charge in [-0.05, 0) is 48.9 Å². The fourth-order valence-corrected chi connectivity index (χ4v) is 5.07. The van der Waals surface area contributed by atoms with E-state index in [0.29, 0.717) is 5.56 Å². The molecule has 0 saturated carbocycles. The highest BCUT2D eigenvalue weighted by Gasteiger charge is 2.38. The maximum atomic E-state index is 14.2. The van der Waals surface area contributed by atoms with Crippen molar-refractivity contribution in [3.8, 4) is 0 Å². The van der Waals surface area contributed by atoms with Crippen LogP contribution in [0.2, 0.25) is 0 Å². The molecule has 4 rings (SSSR count). The highest BCUT2D eigenvalue weighted by atomic mass is 32.2. The third kappa shape index (κ3) is 4.33. The second-order valence-corrected chi connectivity index (χ2v) is 9.44. The summed E-state index contributed by atoms with van der Waals surface area (Å²) in [7, 11) is -3.85. The lowest BCUT2D eigenvalue weighted by Crippen LogP contribution is -2.44. The molecule has 1 atom stereocenters. The normalized spacial score (nSPS) is 19.0. The van der Waals surface area contributed by atoms with Gasteiger partial charge in [-0.15, -0.1) is 0 Å². The Bertz CT molecular complexity index is 1240. The number of halogens is 1. The Morgan fingerprint density at radius 2 is 1.71 bits per heavy atom. The van der Waals surface area contributed by atoms with Crippen LogP contribution in [-0.4, -0.2) is 36.6 Å². The molecule has 0 radical (unpaired) electrons. The zero-order valence-corrected chi connectivity index (χ0v) is 17.7. The molecule has 5 nitrogen and oxygen atoms in total. The van der Waals surface area contributed by atoms with Crippen LogP contribution in [0.15, 0.2) is 83.5 Å². The number of sulfonamides is 1. The van der Waals surface area contributed by atoms with Gasteiger partial charge in [-0.3, -0.25) is 9.78 Å². The van der Waals surface area contributed by atoms with E-state index >= 15 is 0 Å². The number of carbonyl (C=O) groups is 1. The molecule has 0 aliphatic carbocycles. The molecule has 1 saturated heterocycles. The van der Waals surface area contributed by atoms with Crippen molar-refractivity contribution in [1.82, 2.24) is 9.29 Å². The number of aryl methyl sites for hydroxylation is 1. The fourth-order valence-electron chi connectivity index (χ4n) is 3.63. The van der Waals surface area contributed by atoms with Crippen molar-refractivity contribution in [3.05, 3.63) is 101 Å². The summed E-state index contributed by atoms with van der Waals surface area (Å²) in [6.07, 6.45) is 4.58. The Labute approximate surface area is 180 Å². The summed E-state index contributed by atoms with van der Waals surface area (Å²) < 4.78 is 42.2. The van der Waals surface area contributed by atoms with Crippen molar-refractivity contribution in [1.29, 1.82) is 0 Å². The Balaban J connectivity index is 1.78. The summed E-state index contributed by atoms with van der Waals surface area (Å²) in [4.78, 5) is 17.4. The molecule has 1 unspecified atom stereocenters. The van der Waals surface area contributed by atoms with Gasteiger partial charge in [0.25, 0.3) is 0 Å². The summed E-state index contributed by atoms with van der Waals surface area (Å²) in [5.41, 5.74) is 2.11. The molecular weight excluding hydrogens is 415 g/mol. The van der Waals surface area contributed by atoms with Crippen LogP contribution in [-0.2, 0) is 14.8 Å². The van der Waals surface area contributed by atoms with Gasteiger partial charge in [0.05, 0.1) is 10.8 Å². The van der Waals surface area contributed by atoms with Gasteiger partial charge in [0.15, 0.2) is 5.78 Å². The minimum Gasteiger partial charge on any atom is -0.294 e. The molecule has 3 aromatic rings. The highest BCUT2D eigenvalue weighted by Crippen LogP contribution is 2.31. The van der Waals surface area contributed by atoms with Crippen molar-refractivity contribution < 1.29 is 17.6 Å². The van der Waals surface area contributed by atoms with Crippen molar-refractivity contribution in [2.75, 3.05) is 13.1 Å². The van der Waals surface area contributed by atoms with E-state index < -0.39 is 21.8 Å². The number of carbonyl (C=O) groups excluding carboxylic acids is 1. The van der Waals surface area contributed by atoms with E-state index in [1.54, 1.807) is 67.0 Å². The van der Waals surface area contributed by atoms with Crippen molar-refractivity contribution in [3.63, 3.8) is 0 Å². The number of piperidine rings is 1. The Morgan fingerprint density at radius 1 is 1.03 bits per heavy atom. The zero-order valence-electron chi connectivity index (χ0n) is 16.9. The molecule has 158 valence electrons. The third-order valence-electron chi connectivity index (χ3n) is 5.37. The van der Waals surface area contributed by atoms with Crippen LogP contribution in [0.5, 0.6) is 0 Å². The van der Waals surface area contributed by atoms with Gasteiger partial charge in [0.2, 0.25) is 10.0 Å². The quantitative estimate of drug-likeness (QED) is 0.581. The van der Waals surface area contributed by atoms with Crippen LogP contribution in [0, 0.1) is 12.7 Å². The van der Waals surface area contributed by atoms with E-state index in [9.17, 15) is 17.6 Å². The molecular formula is C24H21FN2O3S. The third-order valence-corrected chi connectivity index (χ3v) is 7.19. The predicted octanol–water partition coefficient (Wildman–Crippen LogP) is 3.97. The van der Waals surface area contributed by atoms with E-state index in [-0.39, 0.29) is 34.9 Å². The van der Waals surface area contributed by atoms with E-state index in [1.807, 2.05) is 6.92 Å². The van der Waals surface area contributed by atoms with E-state index in [1.165, 1.54) is 16.4 Å². The first-order valence-corrected chi connectivity index (χ1v) is 11.3. The average molecular weight is 437 g/mol. The molecule has 0 spiro atoms. The predicted molar refractivity (Wildman–Crippen MR) is 116 cm³/mol. The summed E-state index contributed by atoms with van der Waals surface area (Å²) in [6.45, 7) is 1.77. The van der Waals surface area contributed by atoms with Crippen molar-refractivity contribution in [2.45, 2.75) is 17.7 Å². The van der Waals surface area contributed by atoms with Crippen molar-refractivity contribution >= 4 is 21.9 Å². The first-order chi connectivity index (χ1) is 14.9. The highest BCUT2D eigenvalue weighted by molar-refractivity contribution is 7.89. The largest absolute Gasteiger partial charge is 0.294 e. The lowest BCUT2D eigenvalue weighted by molar-refractivity contribution is -0.118. The van der Waals surface area contributed by atoms with Crippen LogP contribution in [0.4, 0.5) is 4.39 Å². The number of aromatic nitrogens is 1. The van der Waals surface area contributed by atoms with Gasteiger partial charge in [0.1, 0.15) is 5.82 Å². The van der Waals surface area contributed by atoms with Gasteiger partial charge in [0, 0.05) is 36.6 Å². The van der Waals surface area contributed by atoms with Crippen LogP contribution in [0.3, 0.4) is 0 Å². The fraction of sp³-hybridized carbons (Fsp3) is 0.167. The van der Waals surface area contributed by atoms with Gasteiger partial charge < -0.3 is 0 Å². The number of Topliss-reactive ketones (excluding diaryl/α,β-unsaturated/α-hetero) is 1. The molecule has 0 N–H and O–H groups in total. The average Bonchev–Trinajstić information content (AvgIpc) is 2.77. The second-order valence-electron chi connectivity index (χ2n) is 7.50. The van der Waals surface area contributed by atoms with E-state index in [2.05, 4.69) is 4.98 Å². The first kappa shape index (κ1) is 21.1. The number of rotatable bonds is 4. The molecule has 2 heterocycles. The lowest BCUT2D eigenvalue weighted by Gasteiger charge is -2.33. The monoisotopic (exact) mass is 436 g/mol.